The van der Waals surface area contributed by atoms with Crippen molar-refractivity contribution in [3.8, 4) is 0 Å². The lowest BCUT2D eigenvalue weighted by Crippen LogP contribution is -2.38. The lowest BCUT2D eigenvalue weighted by atomic mass is 9.94. The molecule has 0 aromatic rings. The Bertz CT molecular complexity index is 387. The van der Waals surface area contributed by atoms with Crippen molar-refractivity contribution < 1.29 is 14.3 Å². The van der Waals surface area contributed by atoms with E-state index in [0.29, 0.717) is 19.7 Å². The number of alkyl halides is 1. The van der Waals surface area contributed by atoms with Gasteiger partial charge in [-0.3, -0.25) is 9.59 Å². The van der Waals surface area contributed by atoms with E-state index in [1.165, 1.54) is 51.4 Å². The number of ether oxygens (including phenoxy) is 1. The fourth-order valence-corrected chi connectivity index (χ4v) is 3.71. The van der Waals surface area contributed by atoms with Crippen LogP contribution in [0.15, 0.2) is 0 Å². The van der Waals surface area contributed by atoms with Crippen LogP contribution in [0, 0.1) is 5.92 Å². The maximum atomic E-state index is 12.6. The van der Waals surface area contributed by atoms with Crippen molar-refractivity contribution in [3.05, 3.63) is 0 Å². The maximum absolute atomic E-state index is 12.6. The van der Waals surface area contributed by atoms with Crippen molar-refractivity contribution in [2.45, 2.75) is 110 Å². The molecule has 0 N–H and O–H groups in total. The molecule has 0 aromatic heterocycles. The Hall–Kier alpha value is -0.580. The van der Waals surface area contributed by atoms with E-state index in [1.54, 1.807) is 4.90 Å². The van der Waals surface area contributed by atoms with Gasteiger partial charge in [0.25, 0.3) is 0 Å². The first kappa shape index (κ1) is 27.4. The Balaban J connectivity index is 4.39. The number of amides is 1. The van der Waals surface area contributed by atoms with Gasteiger partial charge in [-0.1, -0.05) is 94.0 Å². The van der Waals surface area contributed by atoms with Crippen LogP contribution in [0.25, 0.3) is 0 Å². The molecule has 0 radical (unpaired) electrons. The third-order valence-corrected chi connectivity index (χ3v) is 5.68. The van der Waals surface area contributed by atoms with Crippen molar-refractivity contribution in [1.29, 1.82) is 0 Å². The van der Waals surface area contributed by atoms with Crippen molar-refractivity contribution in [2.75, 3.05) is 19.7 Å². The van der Waals surface area contributed by atoms with Gasteiger partial charge in [-0.15, -0.1) is 0 Å². The summed E-state index contributed by atoms with van der Waals surface area (Å²) in [4.78, 5) is 26.2. The molecular weight excluding hydrogens is 418 g/mol. The molecular formula is C23H44BrNO3. The number of hydrogen-bond donors (Lipinski definition) is 0. The molecule has 1 atom stereocenters. The van der Waals surface area contributed by atoms with Crippen molar-refractivity contribution in [2.24, 2.45) is 5.92 Å². The molecule has 0 heterocycles. The predicted molar refractivity (Wildman–Crippen MR) is 122 cm³/mol. The summed E-state index contributed by atoms with van der Waals surface area (Å²) >= 11 is 3.32. The molecule has 1 unspecified atom stereocenters. The van der Waals surface area contributed by atoms with Crippen molar-refractivity contribution >= 4 is 27.8 Å². The topological polar surface area (TPSA) is 46.6 Å². The first-order chi connectivity index (χ1) is 13.5. The summed E-state index contributed by atoms with van der Waals surface area (Å²) in [5.41, 5.74) is 0. The van der Waals surface area contributed by atoms with Crippen molar-refractivity contribution in [3.63, 3.8) is 0 Å². The summed E-state index contributed by atoms with van der Waals surface area (Å²) in [6.45, 7) is 9.60. The number of carbonyl (C=O) groups excluding carboxylic acids is 2. The summed E-state index contributed by atoms with van der Waals surface area (Å²) in [7, 11) is 0. The Morgan fingerprint density at radius 2 is 1.36 bits per heavy atom. The van der Waals surface area contributed by atoms with Crippen LogP contribution in [0.2, 0.25) is 0 Å². The first-order valence-corrected chi connectivity index (χ1v) is 12.5. The summed E-state index contributed by atoms with van der Waals surface area (Å²) in [6.07, 6.45) is 14.0. The minimum Gasteiger partial charge on any atom is -0.464 e. The number of esters is 1. The third-order valence-electron chi connectivity index (χ3n) is 5.28. The van der Waals surface area contributed by atoms with E-state index in [0.717, 1.165) is 25.7 Å². The standard InChI is InChI=1S/C23H44BrNO3/c1-5-8-10-12-14-16-21(17-15-13-11-9-6-2)23(27)28-19-18-25(7-3)22(26)20(4)24/h20-21H,5-19H2,1-4H3. The van der Waals surface area contributed by atoms with Crippen LogP contribution in [0.3, 0.4) is 0 Å². The van der Waals surface area contributed by atoms with E-state index >= 15 is 0 Å². The maximum Gasteiger partial charge on any atom is 0.308 e. The number of hydrogen-bond acceptors (Lipinski definition) is 3. The first-order valence-electron chi connectivity index (χ1n) is 11.6. The minimum absolute atomic E-state index is 0.0177. The highest BCUT2D eigenvalue weighted by molar-refractivity contribution is 9.10. The summed E-state index contributed by atoms with van der Waals surface area (Å²) in [5, 5.41) is 0. The zero-order valence-corrected chi connectivity index (χ0v) is 20.4. The average molecular weight is 463 g/mol. The molecule has 28 heavy (non-hydrogen) atoms. The fraction of sp³-hybridized carbons (Fsp3) is 0.913. The monoisotopic (exact) mass is 461 g/mol. The Labute approximate surface area is 182 Å². The molecule has 0 spiro atoms. The molecule has 0 aliphatic heterocycles. The van der Waals surface area contributed by atoms with E-state index in [4.69, 9.17) is 4.74 Å². The SMILES string of the molecule is CCCCCCCC(CCCCCCC)C(=O)OCCN(CC)C(=O)C(C)Br. The smallest absolute Gasteiger partial charge is 0.308 e. The van der Waals surface area contributed by atoms with Gasteiger partial charge >= 0.3 is 5.97 Å². The van der Waals surface area contributed by atoms with Gasteiger partial charge in [0.1, 0.15) is 6.61 Å². The predicted octanol–water partition coefficient (Wildman–Crippen LogP) is 6.50. The molecule has 166 valence electrons. The van der Waals surface area contributed by atoms with E-state index in [-0.39, 0.29) is 22.6 Å². The van der Waals surface area contributed by atoms with Gasteiger partial charge in [0.2, 0.25) is 5.91 Å². The highest BCUT2D eigenvalue weighted by atomic mass is 79.9. The van der Waals surface area contributed by atoms with E-state index in [9.17, 15) is 9.59 Å². The van der Waals surface area contributed by atoms with Gasteiger partial charge in [0, 0.05) is 6.54 Å². The highest BCUT2D eigenvalue weighted by Crippen LogP contribution is 2.20. The average Bonchev–Trinajstić information content (AvgIpc) is 2.68. The zero-order chi connectivity index (χ0) is 21.2. The molecule has 0 saturated carbocycles. The molecule has 4 nitrogen and oxygen atoms in total. The van der Waals surface area contributed by atoms with E-state index in [2.05, 4.69) is 29.8 Å². The Kier molecular flexibility index (Phi) is 18.1. The van der Waals surface area contributed by atoms with Crippen LogP contribution in [-0.4, -0.2) is 41.3 Å². The minimum atomic E-state index is -0.206. The fourth-order valence-electron chi connectivity index (χ4n) is 3.42. The number of halogens is 1. The number of carbonyl (C=O) groups is 2. The molecule has 5 heteroatoms. The zero-order valence-electron chi connectivity index (χ0n) is 18.8. The number of nitrogens with zero attached hydrogens (tertiary/aromatic N) is 1. The second-order valence-electron chi connectivity index (χ2n) is 7.80. The van der Waals surface area contributed by atoms with Gasteiger partial charge in [-0.05, 0) is 26.7 Å². The molecule has 0 fully saturated rings. The number of rotatable bonds is 18. The van der Waals surface area contributed by atoms with Gasteiger partial charge in [0.05, 0.1) is 17.3 Å². The molecule has 0 aliphatic rings. The van der Waals surface area contributed by atoms with E-state index in [1.807, 2.05) is 13.8 Å². The normalized spacial score (nSPS) is 12.2. The van der Waals surface area contributed by atoms with Crippen LogP contribution in [0.1, 0.15) is 105 Å². The highest BCUT2D eigenvalue weighted by Gasteiger charge is 2.21. The van der Waals surface area contributed by atoms with Gasteiger partial charge in [0.15, 0.2) is 0 Å². The second kappa shape index (κ2) is 18.4. The second-order valence-corrected chi connectivity index (χ2v) is 9.18. The Morgan fingerprint density at radius 1 is 0.857 bits per heavy atom. The number of unbranched alkanes of at least 4 members (excludes halogenated alkanes) is 8. The lowest BCUT2D eigenvalue weighted by Gasteiger charge is -2.23. The molecule has 1 amide bonds. The molecule has 0 aliphatic carbocycles. The van der Waals surface area contributed by atoms with Crippen LogP contribution < -0.4 is 0 Å². The lowest BCUT2D eigenvalue weighted by molar-refractivity contribution is -0.150. The van der Waals surface area contributed by atoms with Crippen LogP contribution >= 0.6 is 15.9 Å². The number of likely N-dealkylation sites (N-methyl/N-ethyl adjacent to an activating group) is 1. The molecule has 0 bridgehead atoms. The van der Waals surface area contributed by atoms with Crippen LogP contribution in [0.5, 0.6) is 0 Å². The van der Waals surface area contributed by atoms with Gasteiger partial charge in [-0.25, -0.2) is 0 Å². The van der Waals surface area contributed by atoms with Gasteiger partial charge < -0.3 is 9.64 Å². The van der Waals surface area contributed by atoms with Crippen molar-refractivity contribution in [1.82, 2.24) is 4.90 Å². The van der Waals surface area contributed by atoms with E-state index < -0.39 is 0 Å². The molecule has 0 rings (SSSR count). The third kappa shape index (κ3) is 13.6. The summed E-state index contributed by atoms with van der Waals surface area (Å²) in [5.74, 6) is -0.00699. The summed E-state index contributed by atoms with van der Waals surface area (Å²) < 4.78 is 5.57. The quantitative estimate of drug-likeness (QED) is 0.133. The molecule has 0 saturated heterocycles. The summed E-state index contributed by atoms with van der Waals surface area (Å²) in [6, 6.07) is 0. The molecule has 0 aromatic carbocycles. The van der Waals surface area contributed by atoms with Crippen LogP contribution in [0.4, 0.5) is 0 Å². The largest absolute Gasteiger partial charge is 0.464 e. The van der Waals surface area contributed by atoms with Gasteiger partial charge in [-0.2, -0.15) is 0 Å². The Morgan fingerprint density at radius 3 is 1.79 bits per heavy atom. The van der Waals surface area contributed by atoms with Crippen LogP contribution in [-0.2, 0) is 14.3 Å².